The molecule has 3 N–H and O–H groups in total. The van der Waals surface area contributed by atoms with Crippen molar-refractivity contribution in [1.82, 2.24) is 10.6 Å². The summed E-state index contributed by atoms with van der Waals surface area (Å²) in [4.78, 5) is 27.4. The van der Waals surface area contributed by atoms with E-state index < -0.39 is 23.9 Å². The first kappa shape index (κ1) is 31.0. The minimum atomic E-state index is -0.976. The van der Waals surface area contributed by atoms with Crippen molar-refractivity contribution in [3.8, 4) is 11.5 Å². The molecule has 8 nitrogen and oxygen atoms in total. The maximum Gasteiger partial charge on any atom is 0.254 e. The number of carbonyl (C=O) groups excluding carboxylic acids is 2. The van der Waals surface area contributed by atoms with Gasteiger partial charge >= 0.3 is 0 Å². The Morgan fingerprint density at radius 3 is 2.45 bits per heavy atom. The Hall–Kier alpha value is -3.95. The maximum atomic E-state index is 15.8. The van der Waals surface area contributed by atoms with Crippen LogP contribution < -0.4 is 25.0 Å². The number of hydrogen-bond donors (Lipinski definition) is 3. The summed E-state index contributed by atoms with van der Waals surface area (Å²) in [6, 6.07) is 17.6. The van der Waals surface area contributed by atoms with Crippen molar-refractivity contribution in [3.05, 3.63) is 88.7 Å². The summed E-state index contributed by atoms with van der Waals surface area (Å²) in [5.74, 6) is -0.263. The molecule has 3 aromatic rings. The molecule has 2 atom stereocenters. The summed E-state index contributed by atoms with van der Waals surface area (Å²) in [6.45, 7) is 3.06. The van der Waals surface area contributed by atoms with Gasteiger partial charge in [0, 0.05) is 26.1 Å². The van der Waals surface area contributed by atoms with Gasteiger partial charge in [0.25, 0.3) is 5.91 Å². The molecule has 0 aliphatic carbocycles. The molecule has 1 fully saturated rings. The minimum absolute atomic E-state index is 0.126. The SMILES string of the molecule is CCCc1cc(C(=O)NC(Cc2ccccc2)C(O)CNCc2ccc(OC)c(OC)c2)c(F)c(N2CCCC2=O)c1. The van der Waals surface area contributed by atoms with Gasteiger partial charge in [0.15, 0.2) is 17.3 Å². The van der Waals surface area contributed by atoms with E-state index in [1.54, 1.807) is 26.4 Å². The van der Waals surface area contributed by atoms with Crippen LogP contribution in [0.15, 0.2) is 60.7 Å². The highest BCUT2D eigenvalue weighted by molar-refractivity contribution is 6.00. The van der Waals surface area contributed by atoms with E-state index >= 15 is 4.39 Å². The minimum Gasteiger partial charge on any atom is -0.493 e. The van der Waals surface area contributed by atoms with Crippen LogP contribution in [-0.4, -0.2) is 56.4 Å². The first-order valence-corrected chi connectivity index (χ1v) is 14.4. The highest BCUT2D eigenvalue weighted by Gasteiger charge is 2.29. The van der Waals surface area contributed by atoms with Gasteiger partial charge in [-0.25, -0.2) is 4.39 Å². The Morgan fingerprint density at radius 1 is 1.02 bits per heavy atom. The molecule has 1 heterocycles. The molecule has 0 saturated carbocycles. The van der Waals surface area contributed by atoms with Crippen molar-refractivity contribution in [2.45, 2.75) is 57.7 Å². The van der Waals surface area contributed by atoms with E-state index in [9.17, 15) is 14.7 Å². The molecule has 42 heavy (non-hydrogen) atoms. The zero-order valence-corrected chi connectivity index (χ0v) is 24.5. The lowest BCUT2D eigenvalue weighted by Gasteiger charge is -2.26. The average molecular weight is 578 g/mol. The topological polar surface area (TPSA) is 100 Å². The molecule has 2 amide bonds. The molecule has 9 heteroatoms. The van der Waals surface area contributed by atoms with Gasteiger partial charge in [-0.2, -0.15) is 0 Å². The van der Waals surface area contributed by atoms with Crippen LogP contribution in [0.2, 0.25) is 0 Å². The molecule has 2 unspecified atom stereocenters. The lowest BCUT2D eigenvalue weighted by molar-refractivity contribution is -0.117. The third-order valence-electron chi connectivity index (χ3n) is 7.47. The van der Waals surface area contributed by atoms with Crippen molar-refractivity contribution in [1.29, 1.82) is 0 Å². The monoisotopic (exact) mass is 577 g/mol. The smallest absolute Gasteiger partial charge is 0.254 e. The number of aliphatic hydroxyl groups is 1. The standard InChI is InChI=1S/C33H40FN3O5/c1-4-9-23-16-25(32(34)27(18-23)37-15-8-12-31(37)39)33(40)36-26(17-22-10-6-5-7-11-22)28(38)21-35-20-24-13-14-29(41-2)30(19-24)42-3/h5-7,10-11,13-14,16,18-19,26,28,35,38H,4,8-9,12,15,17,20-21H2,1-3H3,(H,36,40). The van der Waals surface area contributed by atoms with Crippen molar-refractivity contribution in [2.75, 3.05) is 32.2 Å². The van der Waals surface area contributed by atoms with Gasteiger partial charge in [-0.15, -0.1) is 0 Å². The van der Waals surface area contributed by atoms with Gasteiger partial charge in [0.05, 0.1) is 37.6 Å². The molecule has 0 bridgehead atoms. The van der Waals surface area contributed by atoms with Crippen LogP contribution in [0.5, 0.6) is 11.5 Å². The number of anilines is 1. The number of hydrogen-bond acceptors (Lipinski definition) is 6. The van der Waals surface area contributed by atoms with Gasteiger partial charge in [-0.3, -0.25) is 9.59 Å². The van der Waals surface area contributed by atoms with Crippen molar-refractivity contribution >= 4 is 17.5 Å². The summed E-state index contributed by atoms with van der Waals surface area (Å²) in [5, 5.41) is 17.4. The van der Waals surface area contributed by atoms with Crippen molar-refractivity contribution in [3.63, 3.8) is 0 Å². The number of rotatable bonds is 14. The fourth-order valence-corrected chi connectivity index (χ4v) is 5.26. The van der Waals surface area contributed by atoms with Crippen molar-refractivity contribution in [2.24, 2.45) is 0 Å². The summed E-state index contributed by atoms with van der Waals surface area (Å²) in [6.07, 6.45) is 1.84. The number of aryl methyl sites for hydroxylation is 1. The first-order valence-electron chi connectivity index (χ1n) is 14.4. The van der Waals surface area contributed by atoms with E-state index in [2.05, 4.69) is 10.6 Å². The Bertz CT molecular complexity index is 1370. The quantitative estimate of drug-likeness (QED) is 0.263. The molecule has 1 aliphatic rings. The van der Waals surface area contributed by atoms with E-state index in [-0.39, 0.29) is 23.7 Å². The van der Waals surface area contributed by atoms with Crippen LogP contribution in [0.4, 0.5) is 10.1 Å². The van der Waals surface area contributed by atoms with Crippen molar-refractivity contribution < 1.29 is 28.6 Å². The Kier molecular flexibility index (Phi) is 10.9. The summed E-state index contributed by atoms with van der Waals surface area (Å²) in [5.41, 5.74) is 2.66. The van der Waals surface area contributed by atoms with E-state index in [0.717, 1.165) is 23.1 Å². The molecular formula is C33H40FN3O5. The van der Waals surface area contributed by atoms with Gasteiger partial charge in [-0.1, -0.05) is 49.7 Å². The lowest BCUT2D eigenvalue weighted by Crippen LogP contribution is -2.49. The third-order valence-corrected chi connectivity index (χ3v) is 7.47. The maximum absolute atomic E-state index is 15.8. The number of methoxy groups -OCH3 is 2. The van der Waals surface area contributed by atoms with Crippen LogP contribution in [-0.2, 0) is 24.2 Å². The van der Waals surface area contributed by atoms with Gasteiger partial charge in [-0.05, 0) is 60.2 Å². The third kappa shape index (κ3) is 7.66. The number of benzene rings is 3. The van der Waals surface area contributed by atoms with Crippen LogP contribution in [0.1, 0.15) is 53.2 Å². The molecule has 0 spiro atoms. The molecule has 1 aliphatic heterocycles. The highest BCUT2D eigenvalue weighted by atomic mass is 19.1. The number of halogens is 1. The van der Waals surface area contributed by atoms with E-state index in [1.807, 2.05) is 55.5 Å². The zero-order chi connectivity index (χ0) is 30.1. The number of ether oxygens (including phenoxy) is 2. The zero-order valence-electron chi connectivity index (χ0n) is 24.5. The first-order chi connectivity index (χ1) is 20.3. The van der Waals surface area contributed by atoms with Gasteiger partial charge in [0.1, 0.15) is 0 Å². The number of amides is 2. The normalized spacial score (nSPS) is 14.5. The molecule has 224 valence electrons. The molecule has 0 aromatic heterocycles. The number of carbonyl (C=O) groups is 2. The van der Waals surface area contributed by atoms with E-state index in [0.29, 0.717) is 50.3 Å². The van der Waals surface area contributed by atoms with E-state index in [1.165, 1.54) is 4.90 Å². The van der Waals surface area contributed by atoms with Crippen LogP contribution in [0, 0.1) is 5.82 Å². The summed E-state index contributed by atoms with van der Waals surface area (Å²) in [7, 11) is 3.15. The van der Waals surface area contributed by atoms with Crippen LogP contribution in [0.3, 0.4) is 0 Å². The van der Waals surface area contributed by atoms with E-state index in [4.69, 9.17) is 9.47 Å². The number of aliphatic hydroxyl groups excluding tert-OH is 1. The fraction of sp³-hybridized carbons (Fsp3) is 0.394. The second-order valence-corrected chi connectivity index (χ2v) is 10.5. The highest BCUT2D eigenvalue weighted by Crippen LogP contribution is 2.30. The predicted molar refractivity (Wildman–Crippen MR) is 161 cm³/mol. The average Bonchev–Trinajstić information content (AvgIpc) is 3.43. The van der Waals surface area contributed by atoms with Crippen LogP contribution in [0.25, 0.3) is 0 Å². The Morgan fingerprint density at radius 2 is 1.79 bits per heavy atom. The number of nitrogens with zero attached hydrogens (tertiary/aromatic N) is 1. The molecule has 4 rings (SSSR count). The summed E-state index contributed by atoms with van der Waals surface area (Å²) < 4.78 is 26.5. The largest absolute Gasteiger partial charge is 0.493 e. The lowest BCUT2D eigenvalue weighted by atomic mass is 9.99. The number of nitrogens with one attached hydrogen (secondary N) is 2. The predicted octanol–water partition coefficient (Wildman–Crippen LogP) is 4.41. The molecule has 0 radical (unpaired) electrons. The summed E-state index contributed by atoms with van der Waals surface area (Å²) >= 11 is 0. The second-order valence-electron chi connectivity index (χ2n) is 10.5. The van der Waals surface area contributed by atoms with Gasteiger partial charge in [0.2, 0.25) is 5.91 Å². The second kappa shape index (κ2) is 14.8. The Balaban J connectivity index is 1.53. The molecular weight excluding hydrogens is 537 g/mol. The molecule has 1 saturated heterocycles. The van der Waals surface area contributed by atoms with Gasteiger partial charge < -0.3 is 30.1 Å². The Labute approximate surface area is 246 Å². The van der Waals surface area contributed by atoms with Crippen LogP contribution >= 0.6 is 0 Å². The fourth-order valence-electron chi connectivity index (χ4n) is 5.26. The molecule has 3 aromatic carbocycles.